The van der Waals surface area contributed by atoms with Gasteiger partial charge in [-0.25, -0.2) is 0 Å². The number of hydrogen-bond donors (Lipinski definition) is 1. The highest BCUT2D eigenvalue weighted by Crippen LogP contribution is 2.24. The van der Waals surface area contributed by atoms with Crippen LogP contribution in [-0.2, 0) is 14.3 Å². The number of hydrogen-bond acceptors (Lipinski definition) is 4. The van der Waals surface area contributed by atoms with Crippen molar-refractivity contribution >= 4 is 5.97 Å². The molecule has 1 saturated heterocycles. The van der Waals surface area contributed by atoms with E-state index in [0.717, 1.165) is 45.3 Å². The monoisotopic (exact) mass is 227 g/mol. The highest BCUT2D eigenvalue weighted by Gasteiger charge is 2.26. The van der Waals surface area contributed by atoms with Gasteiger partial charge in [-0.3, -0.25) is 4.79 Å². The van der Waals surface area contributed by atoms with Gasteiger partial charge in [0.05, 0.1) is 19.1 Å². The highest BCUT2D eigenvalue weighted by molar-refractivity contribution is 5.72. The molecule has 4 nitrogen and oxygen atoms in total. The Bertz CT molecular complexity index is 230. The SMILES string of the molecule is NC1CCC(C(=O)OCC2CCOC2)CC1. The Kier molecular flexibility index (Phi) is 4.18. The summed E-state index contributed by atoms with van der Waals surface area (Å²) in [7, 11) is 0. The molecule has 0 radical (unpaired) electrons. The van der Waals surface area contributed by atoms with Gasteiger partial charge in [0.1, 0.15) is 0 Å². The second-order valence-electron chi connectivity index (χ2n) is 4.97. The third-order valence-electron chi connectivity index (χ3n) is 3.59. The van der Waals surface area contributed by atoms with Gasteiger partial charge in [0.2, 0.25) is 0 Å². The fourth-order valence-electron chi connectivity index (χ4n) is 2.39. The minimum atomic E-state index is -0.0289. The normalized spacial score (nSPS) is 34.9. The molecule has 1 heterocycles. The minimum absolute atomic E-state index is 0.0289. The van der Waals surface area contributed by atoms with Crippen molar-refractivity contribution in [3.8, 4) is 0 Å². The minimum Gasteiger partial charge on any atom is -0.465 e. The molecule has 0 aromatic heterocycles. The van der Waals surface area contributed by atoms with Gasteiger partial charge in [-0.05, 0) is 32.1 Å². The Morgan fingerprint density at radius 3 is 2.62 bits per heavy atom. The fourth-order valence-corrected chi connectivity index (χ4v) is 2.39. The van der Waals surface area contributed by atoms with E-state index in [4.69, 9.17) is 15.2 Å². The zero-order valence-electron chi connectivity index (χ0n) is 9.69. The largest absolute Gasteiger partial charge is 0.465 e. The summed E-state index contributed by atoms with van der Waals surface area (Å²) in [5, 5.41) is 0. The maximum absolute atomic E-state index is 11.8. The molecule has 2 fully saturated rings. The number of esters is 1. The maximum atomic E-state index is 11.8. The van der Waals surface area contributed by atoms with Crippen molar-refractivity contribution in [1.82, 2.24) is 0 Å². The first-order valence-electron chi connectivity index (χ1n) is 6.25. The summed E-state index contributed by atoms with van der Waals surface area (Å²) in [6.45, 7) is 2.07. The van der Waals surface area contributed by atoms with Gasteiger partial charge >= 0.3 is 5.97 Å². The average molecular weight is 227 g/mol. The molecule has 2 aliphatic rings. The summed E-state index contributed by atoms with van der Waals surface area (Å²) in [6, 6.07) is 0.285. The van der Waals surface area contributed by atoms with Crippen LogP contribution >= 0.6 is 0 Å². The van der Waals surface area contributed by atoms with Crippen molar-refractivity contribution in [2.75, 3.05) is 19.8 Å². The van der Waals surface area contributed by atoms with Crippen molar-refractivity contribution in [1.29, 1.82) is 0 Å². The molecule has 1 unspecified atom stereocenters. The Balaban J connectivity index is 1.67. The predicted octanol–water partition coefficient (Wildman–Crippen LogP) is 1.08. The van der Waals surface area contributed by atoms with Crippen molar-refractivity contribution in [2.24, 2.45) is 17.6 Å². The van der Waals surface area contributed by atoms with E-state index in [0.29, 0.717) is 12.5 Å². The van der Waals surface area contributed by atoms with Gasteiger partial charge in [-0.1, -0.05) is 0 Å². The lowest BCUT2D eigenvalue weighted by molar-refractivity contribution is -0.151. The first-order valence-corrected chi connectivity index (χ1v) is 6.25. The lowest BCUT2D eigenvalue weighted by atomic mass is 9.86. The van der Waals surface area contributed by atoms with Gasteiger partial charge in [-0.15, -0.1) is 0 Å². The van der Waals surface area contributed by atoms with Crippen molar-refractivity contribution < 1.29 is 14.3 Å². The van der Waals surface area contributed by atoms with Crippen LogP contribution in [0.3, 0.4) is 0 Å². The van der Waals surface area contributed by atoms with E-state index >= 15 is 0 Å². The van der Waals surface area contributed by atoms with Crippen LogP contribution < -0.4 is 5.73 Å². The third kappa shape index (κ3) is 3.19. The summed E-state index contributed by atoms with van der Waals surface area (Å²) < 4.78 is 10.6. The van der Waals surface area contributed by atoms with Crippen LogP contribution in [0.5, 0.6) is 0 Å². The van der Waals surface area contributed by atoms with E-state index in [-0.39, 0.29) is 17.9 Å². The van der Waals surface area contributed by atoms with E-state index < -0.39 is 0 Å². The maximum Gasteiger partial charge on any atom is 0.308 e. The van der Waals surface area contributed by atoms with E-state index in [1.807, 2.05) is 0 Å². The molecule has 16 heavy (non-hydrogen) atoms. The molecular weight excluding hydrogens is 206 g/mol. The molecular formula is C12H21NO3. The first kappa shape index (κ1) is 11.9. The Morgan fingerprint density at radius 2 is 2.00 bits per heavy atom. The molecule has 1 aliphatic carbocycles. The van der Waals surface area contributed by atoms with Crippen molar-refractivity contribution in [2.45, 2.75) is 38.1 Å². The zero-order chi connectivity index (χ0) is 11.4. The Morgan fingerprint density at radius 1 is 1.25 bits per heavy atom. The van der Waals surface area contributed by atoms with E-state index in [1.165, 1.54) is 0 Å². The Hall–Kier alpha value is -0.610. The number of ether oxygens (including phenoxy) is 2. The second-order valence-corrected chi connectivity index (χ2v) is 4.97. The van der Waals surface area contributed by atoms with Crippen LogP contribution in [0.1, 0.15) is 32.1 Å². The van der Waals surface area contributed by atoms with Crippen LogP contribution in [0, 0.1) is 11.8 Å². The number of carbonyl (C=O) groups is 1. The van der Waals surface area contributed by atoms with Gasteiger partial charge in [0.15, 0.2) is 0 Å². The van der Waals surface area contributed by atoms with Crippen LogP contribution in [0.4, 0.5) is 0 Å². The van der Waals surface area contributed by atoms with Crippen LogP contribution in [-0.4, -0.2) is 31.8 Å². The standard InChI is InChI=1S/C12H21NO3/c13-11-3-1-10(2-4-11)12(14)16-8-9-5-6-15-7-9/h9-11H,1-8,13H2. The third-order valence-corrected chi connectivity index (χ3v) is 3.59. The summed E-state index contributed by atoms with van der Waals surface area (Å²) in [6.07, 6.45) is 4.70. The summed E-state index contributed by atoms with van der Waals surface area (Å²) in [4.78, 5) is 11.8. The lowest BCUT2D eigenvalue weighted by Crippen LogP contribution is -2.31. The molecule has 4 heteroatoms. The van der Waals surface area contributed by atoms with E-state index in [2.05, 4.69) is 0 Å². The lowest BCUT2D eigenvalue weighted by Gasteiger charge is -2.24. The average Bonchev–Trinajstić information content (AvgIpc) is 2.80. The van der Waals surface area contributed by atoms with Gasteiger partial charge in [0.25, 0.3) is 0 Å². The van der Waals surface area contributed by atoms with Crippen molar-refractivity contribution in [3.63, 3.8) is 0 Å². The van der Waals surface area contributed by atoms with E-state index in [9.17, 15) is 4.79 Å². The zero-order valence-corrected chi connectivity index (χ0v) is 9.69. The molecule has 2 rings (SSSR count). The van der Waals surface area contributed by atoms with E-state index in [1.54, 1.807) is 0 Å². The number of carbonyl (C=O) groups excluding carboxylic acids is 1. The molecule has 0 amide bonds. The van der Waals surface area contributed by atoms with Crippen LogP contribution in [0.25, 0.3) is 0 Å². The van der Waals surface area contributed by atoms with Gasteiger partial charge in [0, 0.05) is 18.6 Å². The molecule has 1 atom stereocenters. The van der Waals surface area contributed by atoms with Crippen molar-refractivity contribution in [3.05, 3.63) is 0 Å². The predicted molar refractivity (Wildman–Crippen MR) is 59.8 cm³/mol. The first-order chi connectivity index (χ1) is 7.75. The van der Waals surface area contributed by atoms with Gasteiger partial charge < -0.3 is 15.2 Å². The summed E-state index contributed by atoms with van der Waals surface area (Å²) >= 11 is 0. The number of nitrogens with two attached hydrogens (primary N) is 1. The number of rotatable bonds is 3. The molecule has 92 valence electrons. The summed E-state index contributed by atoms with van der Waals surface area (Å²) in [5.41, 5.74) is 5.80. The van der Waals surface area contributed by atoms with Gasteiger partial charge in [-0.2, -0.15) is 0 Å². The highest BCUT2D eigenvalue weighted by atomic mass is 16.5. The molecule has 2 N–H and O–H groups in total. The molecule has 0 spiro atoms. The topological polar surface area (TPSA) is 61.6 Å². The van der Waals surface area contributed by atoms with Crippen LogP contribution in [0.15, 0.2) is 0 Å². The molecule has 1 aliphatic heterocycles. The summed E-state index contributed by atoms with van der Waals surface area (Å²) in [5.74, 6) is 0.468. The molecule has 0 aromatic rings. The fraction of sp³-hybridized carbons (Fsp3) is 0.917. The quantitative estimate of drug-likeness (QED) is 0.733. The molecule has 0 aromatic carbocycles. The molecule has 1 saturated carbocycles. The molecule has 0 bridgehead atoms. The Labute approximate surface area is 96.5 Å². The van der Waals surface area contributed by atoms with Crippen LogP contribution in [0.2, 0.25) is 0 Å². The smallest absolute Gasteiger partial charge is 0.308 e. The second kappa shape index (κ2) is 5.64.